The van der Waals surface area contributed by atoms with Crippen molar-refractivity contribution in [2.45, 2.75) is 13.1 Å². The lowest BCUT2D eigenvalue weighted by molar-refractivity contribution is -0.128. The molecule has 4 rings (SSSR count). The Morgan fingerprint density at radius 2 is 2.14 bits per heavy atom. The Bertz CT molecular complexity index is 735. The fourth-order valence-electron chi connectivity index (χ4n) is 2.68. The third-order valence-electron chi connectivity index (χ3n) is 3.83. The van der Waals surface area contributed by atoms with Gasteiger partial charge in [0.2, 0.25) is 0 Å². The van der Waals surface area contributed by atoms with Crippen LogP contribution < -0.4 is 4.74 Å². The van der Waals surface area contributed by atoms with E-state index in [2.05, 4.69) is 10.2 Å². The zero-order valence-corrected chi connectivity index (χ0v) is 11.4. The summed E-state index contributed by atoms with van der Waals surface area (Å²) in [5.74, 6) is 1.67. The van der Waals surface area contributed by atoms with Gasteiger partial charge in [0.05, 0.1) is 12.1 Å². The largest absolute Gasteiger partial charge is 0.488 e. The van der Waals surface area contributed by atoms with Gasteiger partial charge in [0.15, 0.2) is 5.82 Å². The maximum absolute atomic E-state index is 12.6. The van der Waals surface area contributed by atoms with Gasteiger partial charge in [0.25, 0.3) is 5.91 Å². The Morgan fingerprint density at radius 1 is 1.24 bits per heavy atom. The molecule has 1 amide bonds. The molecular weight excluding hydrogens is 268 g/mol. The van der Waals surface area contributed by atoms with E-state index in [-0.39, 0.29) is 5.91 Å². The summed E-state index contributed by atoms with van der Waals surface area (Å²) < 4.78 is 7.63. The molecule has 0 bridgehead atoms. The summed E-state index contributed by atoms with van der Waals surface area (Å²) in [6.45, 7) is 2.22. The highest BCUT2D eigenvalue weighted by Crippen LogP contribution is 2.27. The molecule has 0 saturated carbocycles. The third-order valence-corrected chi connectivity index (χ3v) is 3.83. The SMILES string of the molecule is O=C(C1=Cc2ccccc2OC1)N1CCn2cnnc2C1. The molecule has 0 saturated heterocycles. The van der Waals surface area contributed by atoms with Gasteiger partial charge in [-0.1, -0.05) is 18.2 Å². The number of carbonyl (C=O) groups is 1. The lowest BCUT2D eigenvalue weighted by atomic mass is 10.1. The zero-order chi connectivity index (χ0) is 14.2. The van der Waals surface area contributed by atoms with E-state index in [9.17, 15) is 4.79 Å². The van der Waals surface area contributed by atoms with Crippen molar-refractivity contribution in [3.8, 4) is 5.75 Å². The number of aromatic nitrogens is 3. The standard InChI is InChI=1S/C15H14N4O2/c20-15(18-5-6-19-10-16-17-14(19)8-18)12-7-11-3-1-2-4-13(11)21-9-12/h1-4,7,10H,5-6,8-9H2. The Hall–Kier alpha value is -2.63. The molecule has 0 N–H and O–H groups in total. The molecule has 0 aliphatic carbocycles. The number of hydrogen-bond acceptors (Lipinski definition) is 4. The van der Waals surface area contributed by atoms with Crippen LogP contribution in [0, 0.1) is 0 Å². The summed E-state index contributed by atoms with van der Waals surface area (Å²) in [5.41, 5.74) is 1.63. The van der Waals surface area contributed by atoms with Gasteiger partial charge < -0.3 is 14.2 Å². The van der Waals surface area contributed by atoms with Crippen molar-refractivity contribution in [3.05, 3.63) is 47.6 Å². The van der Waals surface area contributed by atoms with Crippen LogP contribution >= 0.6 is 0 Å². The van der Waals surface area contributed by atoms with Gasteiger partial charge in [-0.05, 0) is 12.1 Å². The smallest absolute Gasteiger partial charge is 0.253 e. The van der Waals surface area contributed by atoms with Crippen molar-refractivity contribution in [2.75, 3.05) is 13.2 Å². The molecule has 0 unspecified atom stereocenters. The highest BCUT2D eigenvalue weighted by atomic mass is 16.5. The number of amides is 1. The zero-order valence-electron chi connectivity index (χ0n) is 11.4. The Balaban J connectivity index is 1.58. The van der Waals surface area contributed by atoms with Crippen LogP contribution in [0.15, 0.2) is 36.2 Å². The van der Waals surface area contributed by atoms with Crippen LogP contribution in [-0.2, 0) is 17.9 Å². The highest BCUT2D eigenvalue weighted by Gasteiger charge is 2.26. The van der Waals surface area contributed by atoms with E-state index in [1.165, 1.54) is 0 Å². The summed E-state index contributed by atoms with van der Waals surface area (Å²) in [6, 6.07) is 7.73. The maximum Gasteiger partial charge on any atom is 0.253 e. The van der Waals surface area contributed by atoms with Crippen LogP contribution in [0.5, 0.6) is 5.75 Å². The molecule has 2 aliphatic rings. The molecule has 0 radical (unpaired) electrons. The second-order valence-corrected chi connectivity index (χ2v) is 5.16. The number of para-hydroxylation sites is 1. The molecule has 106 valence electrons. The summed E-state index contributed by atoms with van der Waals surface area (Å²) in [6.07, 6.45) is 3.62. The van der Waals surface area contributed by atoms with Crippen LogP contribution in [0.2, 0.25) is 0 Å². The number of carbonyl (C=O) groups excluding carboxylic acids is 1. The van der Waals surface area contributed by atoms with Crippen LogP contribution in [0.1, 0.15) is 11.4 Å². The van der Waals surface area contributed by atoms with E-state index in [4.69, 9.17) is 4.74 Å². The first-order valence-corrected chi connectivity index (χ1v) is 6.89. The van der Waals surface area contributed by atoms with Crippen LogP contribution in [0.25, 0.3) is 6.08 Å². The monoisotopic (exact) mass is 282 g/mol. The quantitative estimate of drug-likeness (QED) is 0.785. The van der Waals surface area contributed by atoms with Crippen molar-refractivity contribution in [1.29, 1.82) is 0 Å². The van der Waals surface area contributed by atoms with Gasteiger partial charge in [-0.25, -0.2) is 0 Å². The van der Waals surface area contributed by atoms with E-state index >= 15 is 0 Å². The Morgan fingerprint density at radius 3 is 3.10 bits per heavy atom. The molecule has 1 aromatic carbocycles. The summed E-state index contributed by atoms with van der Waals surface area (Å²) in [7, 11) is 0. The van der Waals surface area contributed by atoms with Gasteiger partial charge in [-0.15, -0.1) is 10.2 Å². The number of fused-ring (bicyclic) bond motifs is 2. The third kappa shape index (κ3) is 2.08. The predicted molar refractivity (Wildman–Crippen MR) is 75.4 cm³/mol. The molecule has 6 nitrogen and oxygen atoms in total. The normalized spacial score (nSPS) is 16.6. The van der Waals surface area contributed by atoms with Crippen LogP contribution in [0.3, 0.4) is 0 Å². The molecule has 6 heteroatoms. The van der Waals surface area contributed by atoms with E-state index in [1.807, 2.05) is 34.9 Å². The molecule has 3 heterocycles. The lowest BCUT2D eigenvalue weighted by Crippen LogP contribution is -2.40. The minimum Gasteiger partial charge on any atom is -0.488 e. The molecule has 0 atom stereocenters. The number of benzene rings is 1. The second-order valence-electron chi connectivity index (χ2n) is 5.16. The van der Waals surface area contributed by atoms with E-state index < -0.39 is 0 Å². The predicted octanol–water partition coefficient (Wildman–Crippen LogP) is 1.10. The first kappa shape index (κ1) is 12.1. The molecule has 2 aliphatic heterocycles. The molecular formula is C15H14N4O2. The van der Waals surface area contributed by atoms with Gasteiger partial charge in [0, 0.05) is 18.7 Å². The number of rotatable bonds is 1. The second kappa shape index (κ2) is 4.73. The Kier molecular flexibility index (Phi) is 2.73. The fraction of sp³-hybridized carbons (Fsp3) is 0.267. The Labute approximate surface area is 121 Å². The van der Waals surface area contributed by atoms with Crippen molar-refractivity contribution in [3.63, 3.8) is 0 Å². The molecule has 0 fully saturated rings. The maximum atomic E-state index is 12.6. The van der Waals surface area contributed by atoms with Crippen molar-refractivity contribution >= 4 is 12.0 Å². The van der Waals surface area contributed by atoms with Gasteiger partial charge in [-0.3, -0.25) is 4.79 Å². The van der Waals surface area contributed by atoms with Crippen LogP contribution in [0.4, 0.5) is 0 Å². The summed E-state index contributed by atoms with van der Waals surface area (Å²) in [4.78, 5) is 14.4. The first-order chi connectivity index (χ1) is 10.3. The van der Waals surface area contributed by atoms with E-state index in [0.717, 1.165) is 23.7 Å². The van der Waals surface area contributed by atoms with Gasteiger partial charge in [-0.2, -0.15) is 0 Å². The summed E-state index contributed by atoms with van der Waals surface area (Å²) >= 11 is 0. The average molecular weight is 282 g/mol. The highest BCUT2D eigenvalue weighted by molar-refractivity contribution is 5.99. The first-order valence-electron chi connectivity index (χ1n) is 6.89. The molecule has 0 spiro atoms. The fourth-order valence-corrected chi connectivity index (χ4v) is 2.68. The number of ether oxygens (including phenoxy) is 1. The molecule has 1 aromatic heterocycles. The van der Waals surface area contributed by atoms with Gasteiger partial charge >= 0.3 is 0 Å². The van der Waals surface area contributed by atoms with Gasteiger partial charge in [0.1, 0.15) is 18.7 Å². The van der Waals surface area contributed by atoms with Crippen molar-refractivity contribution in [1.82, 2.24) is 19.7 Å². The molecule has 21 heavy (non-hydrogen) atoms. The topological polar surface area (TPSA) is 60.2 Å². The minimum absolute atomic E-state index is 0.0127. The number of hydrogen-bond donors (Lipinski definition) is 0. The average Bonchev–Trinajstić information content (AvgIpc) is 3.01. The van der Waals surface area contributed by atoms with Crippen LogP contribution in [-0.4, -0.2) is 38.7 Å². The van der Waals surface area contributed by atoms with Crippen molar-refractivity contribution in [2.24, 2.45) is 0 Å². The lowest BCUT2D eigenvalue weighted by Gasteiger charge is -2.29. The van der Waals surface area contributed by atoms with E-state index in [0.29, 0.717) is 25.3 Å². The summed E-state index contributed by atoms with van der Waals surface area (Å²) in [5, 5.41) is 7.91. The van der Waals surface area contributed by atoms with Crippen molar-refractivity contribution < 1.29 is 9.53 Å². The number of nitrogens with zero attached hydrogens (tertiary/aromatic N) is 4. The molecule has 2 aromatic rings. The minimum atomic E-state index is 0.0127. The van der Waals surface area contributed by atoms with E-state index in [1.54, 1.807) is 11.2 Å².